The monoisotopic (exact) mass is 227 g/mol. The molecule has 72 valence electrons. The second-order valence-corrected chi connectivity index (χ2v) is 3.13. The van der Waals surface area contributed by atoms with Gasteiger partial charge in [-0.2, -0.15) is 12.6 Å². The smallest absolute Gasteiger partial charge is 0.258 e. The molecule has 0 heterocycles. The zero-order chi connectivity index (χ0) is 10.6. The van der Waals surface area contributed by atoms with Crippen LogP contribution in [0.25, 0.3) is 0 Å². The molecule has 5 heteroatoms. The molecular formula is C9H6ClNO2S. The number of benzene rings is 1. The molecule has 0 N–H and O–H groups in total. The van der Waals surface area contributed by atoms with Crippen molar-refractivity contribution >= 4 is 29.9 Å². The highest BCUT2D eigenvalue weighted by Gasteiger charge is 2.11. The molecule has 14 heavy (non-hydrogen) atoms. The average Bonchev–Trinajstić information content (AvgIpc) is 2.14. The van der Waals surface area contributed by atoms with Crippen LogP contribution in [0.5, 0.6) is 0 Å². The molecule has 0 atom stereocenters. The van der Waals surface area contributed by atoms with E-state index < -0.39 is 4.92 Å². The highest BCUT2D eigenvalue weighted by Crippen LogP contribution is 2.21. The van der Waals surface area contributed by atoms with Crippen LogP contribution < -0.4 is 0 Å². The topological polar surface area (TPSA) is 43.1 Å². The predicted molar refractivity (Wildman–Crippen MR) is 58.8 cm³/mol. The van der Waals surface area contributed by atoms with Gasteiger partial charge in [0.1, 0.15) is 5.56 Å². The standard InChI is InChI=1S/C9H6ClNO2S/c10-8-3-4-9(11(12)13)7(6-8)2-1-5-14/h3-4,6,14H,5H2. The van der Waals surface area contributed by atoms with E-state index in [-0.39, 0.29) is 5.69 Å². The first kappa shape index (κ1) is 10.9. The Bertz CT molecular complexity index is 423. The minimum atomic E-state index is -0.487. The van der Waals surface area contributed by atoms with Crippen LogP contribution in [0, 0.1) is 22.0 Å². The van der Waals surface area contributed by atoms with E-state index >= 15 is 0 Å². The Morgan fingerprint density at radius 2 is 2.29 bits per heavy atom. The molecule has 0 fully saturated rings. The summed E-state index contributed by atoms with van der Waals surface area (Å²) in [5, 5.41) is 11.0. The van der Waals surface area contributed by atoms with Gasteiger partial charge >= 0.3 is 0 Å². The number of hydrogen-bond acceptors (Lipinski definition) is 3. The summed E-state index contributed by atoms with van der Waals surface area (Å²) in [5.74, 6) is 5.62. The van der Waals surface area contributed by atoms with Crippen LogP contribution in [0.15, 0.2) is 18.2 Å². The number of rotatable bonds is 1. The fraction of sp³-hybridized carbons (Fsp3) is 0.111. The minimum Gasteiger partial charge on any atom is -0.258 e. The summed E-state index contributed by atoms with van der Waals surface area (Å²) >= 11 is 9.58. The Balaban J connectivity index is 3.22. The highest BCUT2D eigenvalue weighted by atomic mass is 35.5. The lowest BCUT2D eigenvalue weighted by atomic mass is 10.2. The van der Waals surface area contributed by atoms with Gasteiger partial charge < -0.3 is 0 Å². The average molecular weight is 228 g/mol. The molecule has 0 radical (unpaired) electrons. The van der Waals surface area contributed by atoms with E-state index in [9.17, 15) is 10.1 Å². The van der Waals surface area contributed by atoms with Gasteiger partial charge in [-0.1, -0.05) is 23.4 Å². The van der Waals surface area contributed by atoms with Crippen LogP contribution in [-0.2, 0) is 0 Å². The van der Waals surface area contributed by atoms with Crippen LogP contribution in [0.3, 0.4) is 0 Å². The van der Waals surface area contributed by atoms with Gasteiger partial charge in [-0.05, 0) is 12.1 Å². The molecular weight excluding hydrogens is 222 g/mol. The number of nitro groups is 1. The summed E-state index contributed by atoms with van der Waals surface area (Å²) in [6, 6.07) is 4.27. The summed E-state index contributed by atoms with van der Waals surface area (Å²) in [5.41, 5.74) is 0.278. The fourth-order valence-corrected chi connectivity index (χ4v) is 1.15. The van der Waals surface area contributed by atoms with Gasteiger partial charge in [0.05, 0.1) is 10.7 Å². The molecule has 0 bridgehead atoms. The minimum absolute atomic E-state index is 0.0383. The van der Waals surface area contributed by atoms with E-state index in [0.717, 1.165) is 0 Å². The summed E-state index contributed by atoms with van der Waals surface area (Å²) in [6.45, 7) is 0. The molecule has 0 aliphatic heterocycles. The Morgan fingerprint density at radius 1 is 1.57 bits per heavy atom. The van der Waals surface area contributed by atoms with Crippen molar-refractivity contribution in [2.24, 2.45) is 0 Å². The summed E-state index contributed by atoms with van der Waals surface area (Å²) < 4.78 is 0. The second-order valence-electron chi connectivity index (χ2n) is 2.38. The second kappa shape index (κ2) is 4.89. The zero-order valence-corrected chi connectivity index (χ0v) is 8.68. The van der Waals surface area contributed by atoms with Crippen molar-refractivity contribution in [3.63, 3.8) is 0 Å². The van der Waals surface area contributed by atoms with Crippen LogP contribution in [0.4, 0.5) is 5.69 Å². The SMILES string of the molecule is O=[N+]([O-])c1ccc(Cl)cc1C#CCS. The van der Waals surface area contributed by atoms with Gasteiger partial charge in [-0.25, -0.2) is 0 Å². The van der Waals surface area contributed by atoms with E-state index in [1.165, 1.54) is 18.2 Å². The molecule has 0 aromatic heterocycles. The number of nitro benzene ring substituents is 1. The van der Waals surface area contributed by atoms with Gasteiger partial charge in [0, 0.05) is 11.1 Å². The third-order valence-electron chi connectivity index (χ3n) is 1.46. The van der Waals surface area contributed by atoms with E-state index in [4.69, 9.17) is 11.6 Å². The first-order valence-electron chi connectivity index (χ1n) is 3.69. The summed E-state index contributed by atoms with van der Waals surface area (Å²) in [7, 11) is 0. The molecule has 1 rings (SSSR count). The lowest BCUT2D eigenvalue weighted by Gasteiger charge is -1.95. The maximum absolute atomic E-state index is 10.6. The first-order chi connectivity index (χ1) is 6.65. The third-order valence-corrected chi connectivity index (χ3v) is 1.85. The molecule has 3 nitrogen and oxygen atoms in total. The molecule has 1 aromatic rings. The van der Waals surface area contributed by atoms with Gasteiger partial charge in [0.25, 0.3) is 5.69 Å². The maximum Gasteiger partial charge on any atom is 0.285 e. The molecule has 0 amide bonds. The van der Waals surface area contributed by atoms with Crippen LogP contribution in [0.1, 0.15) is 5.56 Å². The van der Waals surface area contributed by atoms with Crippen LogP contribution in [0.2, 0.25) is 5.02 Å². The largest absolute Gasteiger partial charge is 0.285 e. The summed E-state index contributed by atoms with van der Waals surface area (Å²) in [6.07, 6.45) is 0. The molecule has 1 aromatic carbocycles. The van der Waals surface area contributed by atoms with Crippen molar-refractivity contribution in [3.05, 3.63) is 38.9 Å². The summed E-state index contributed by atoms with van der Waals surface area (Å²) in [4.78, 5) is 10.1. The molecule has 0 saturated heterocycles. The van der Waals surface area contributed by atoms with Gasteiger partial charge in [0.2, 0.25) is 0 Å². The van der Waals surface area contributed by atoms with Crippen molar-refractivity contribution in [1.29, 1.82) is 0 Å². The number of nitrogens with zero attached hydrogens (tertiary/aromatic N) is 1. The van der Waals surface area contributed by atoms with Crippen LogP contribution >= 0.6 is 24.2 Å². The quantitative estimate of drug-likeness (QED) is 0.347. The highest BCUT2D eigenvalue weighted by molar-refractivity contribution is 7.80. The van der Waals surface area contributed by atoms with Crippen molar-refractivity contribution in [3.8, 4) is 11.8 Å². The molecule has 0 spiro atoms. The van der Waals surface area contributed by atoms with Crippen LogP contribution in [-0.4, -0.2) is 10.7 Å². The van der Waals surface area contributed by atoms with Crippen molar-refractivity contribution in [2.45, 2.75) is 0 Å². The van der Waals surface area contributed by atoms with Crippen molar-refractivity contribution < 1.29 is 4.92 Å². The lowest BCUT2D eigenvalue weighted by Crippen LogP contribution is -1.91. The van der Waals surface area contributed by atoms with E-state index in [1.807, 2.05) is 0 Å². The van der Waals surface area contributed by atoms with Gasteiger partial charge in [-0.15, -0.1) is 0 Å². The third kappa shape index (κ3) is 2.66. The van der Waals surface area contributed by atoms with Crippen molar-refractivity contribution in [2.75, 3.05) is 5.75 Å². The normalized spacial score (nSPS) is 9.00. The van der Waals surface area contributed by atoms with Crippen molar-refractivity contribution in [1.82, 2.24) is 0 Å². The zero-order valence-electron chi connectivity index (χ0n) is 7.03. The Hall–Kier alpha value is -1.18. The number of hydrogen-bond donors (Lipinski definition) is 1. The Kier molecular flexibility index (Phi) is 3.81. The van der Waals surface area contributed by atoms with Gasteiger partial charge in [0.15, 0.2) is 0 Å². The Morgan fingerprint density at radius 3 is 2.86 bits per heavy atom. The van der Waals surface area contributed by atoms with E-state index in [0.29, 0.717) is 16.3 Å². The lowest BCUT2D eigenvalue weighted by molar-refractivity contribution is -0.385. The molecule has 0 unspecified atom stereocenters. The molecule has 0 aliphatic carbocycles. The maximum atomic E-state index is 10.6. The van der Waals surface area contributed by atoms with E-state index in [1.54, 1.807) is 0 Å². The van der Waals surface area contributed by atoms with E-state index in [2.05, 4.69) is 24.5 Å². The number of thiol groups is 1. The molecule has 0 aliphatic rings. The Labute approximate surface area is 91.6 Å². The van der Waals surface area contributed by atoms with Gasteiger partial charge in [-0.3, -0.25) is 10.1 Å². The molecule has 0 saturated carbocycles. The number of halogens is 1. The predicted octanol–water partition coefficient (Wildman–Crippen LogP) is 2.53. The first-order valence-corrected chi connectivity index (χ1v) is 4.70. The fourth-order valence-electron chi connectivity index (χ4n) is 0.902.